The summed E-state index contributed by atoms with van der Waals surface area (Å²) in [6.07, 6.45) is 6.60. The van der Waals surface area contributed by atoms with Crippen molar-refractivity contribution < 1.29 is 4.79 Å². The summed E-state index contributed by atoms with van der Waals surface area (Å²) in [5.74, 6) is 0. The average molecular weight is 320 g/mol. The highest BCUT2D eigenvalue weighted by Crippen LogP contribution is 2.24. The number of anilines is 1. The number of pyridine rings is 1. The summed E-state index contributed by atoms with van der Waals surface area (Å²) in [6, 6.07) is 11.9. The molecule has 1 aliphatic carbocycles. The zero-order valence-corrected chi connectivity index (χ0v) is 13.4. The summed E-state index contributed by atoms with van der Waals surface area (Å²) in [5.41, 5.74) is 5.28. The lowest BCUT2D eigenvalue weighted by molar-refractivity contribution is 0.251. The fourth-order valence-electron chi connectivity index (χ4n) is 3.23. The van der Waals surface area contributed by atoms with Gasteiger partial charge in [-0.15, -0.1) is 0 Å². The van der Waals surface area contributed by atoms with Gasteiger partial charge in [-0.05, 0) is 67.1 Å². The summed E-state index contributed by atoms with van der Waals surface area (Å²) in [4.78, 5) is 19.7. The zero-order chi connectivity index (χ0) is 16.4. The minimum Gasteiger partial charge on any atom is -0.346 e. The van der Waals surface area contributed by atoms with E-state index in [1.54, 1.807) is 0 Å². The van der Waals surface area contributed by atoms with Crippen molar-refractivity contribution in [1.29, 1.82) is 0 Å². The molecule has 4 rings (SSSR count). The molecule has 0 saturated carbocycles. The second kappa shape index (κ2) is 6.35. The Bertz CT molecular complexity index is 884. The molecular weight excluding hydrogens is 300 g/mol. The number of aromatic amines is 1. The summed E-state index contributed by atoms with van der Waals surface area (Å²) in [5, 5.41) is 6.83. The number of nitrogens with zero attached hydrogens (tertiary/aromatic N) is 1. The fraction of sp³-hybridized carbons (Fsp3) is 0.263. The molecule has 1 aromatic carbocycles. The standard InChI is InChI=1S/C19H20N4O/c24-19(21-12-17-8-6-14-9-10-20-18(14)22-17)23-16-7-5-13-3-1-2-4-15(13)11-16/h5-11H,1-4,12H2,(H,20,22)(H2,21,23,24). The second-order valence-corrected chi connectivity index (χ2v) is 6.22. The first kappa shape index (κ1) is 14.8. The van der Waals surface area contributed by atoms with Crippen molar-refractivity contribution in [3.05, 3.63) is 59.4 Å². The first-order valence-corrected chi connectivity index (χ1v) is 8.37. The molecule has 122 valence electrons. The molecule has 0 saturated heterocycles. The van der Waals surface area contributed by atoms with Crippen molar-refractivity contribution in [2.45, 2.75) is 32.2 Å². The van der Waals surface area contributed by atoms with E-state index in [4.69, 9.17) is 0 Å². The number of benzene rings is 1. The van der Waals surface area contributed by atoms with E-state index in [2.05, 4.69) is 32.7 Å². The maximum absolute atomic E-state index is 12.1. The van der Waals surface area contributed by atoms with Crippen molar-refractivity contribution in [2.24, 2.45) is 0 Å². The van der Waals surface area contributed by atoms with Crippen LogP contribution in [0.5, 0.6) is 0 Å². The number of amides is 2. The van der Waals surface area contributed by atoms with Gasteiger partial charge in [0.15, 0.2) is 0 Å². The molecule has 3 aromatic rings. The maximum Gasteiger partial charge on any atom is 0.319 e. The number of fused-ring (bicyclic) bond motifs is 2. The Morgan fingerprint density at radius 1 is 1.08 bits per heavy atom. The number of hydrogen-bond donors (Lipinski definition) is 3. The molecule has 0 spiro atoms. The van der Waals surface area contributed by atoms with Crippen molar-refractivity contribution in [1.82, 2.24) is 15.3 Å². The van der Waals surface area contributed by atoms with E-state index in [9.17, 15) is 4.79 Å². The van der Waals surface area contributed by atoms with E-state index >= 15 is 0 Å². The Hall–Kier alpha value is -2.82. The van der Waals surface area contributed by atoms with E-state index in [1.807, 2.05) is 30.5 Å². The van der Waals surface area contributed by atoms with E-state index in [1.165, 1.54) is 24.0 Å². The van der Waals surface area contributed by atoms with Crippen molar-refractivity contribution in [3.63, 3.8) is 0 Å². The van der Waals surface area contributed by atoms with Crippen LogP contribution in [-0.2, 0) is 19.4 Å². The summed E-state index contributed by atoms with van der Waals surface area (Å²) in [6.45, 7) is 0.395. The summed E-state index contributed by atoms with van der Waals surface area (Å²) < 4.78 is 0. The molecular formula is C19H20N4O. The third kappa shape index (κ3) is 3.11. The fourth-order valence-corrected chi connectivity index (χ4v) is 3.23. The first-order valence-electron chi connectivity index (χ1n) is 8.37. The Kier molecular flexibility index (Phi) is 3.91. The van der Waals surface area contributed by atoms with E-state index in [0.717, 1.165) is 35.3 Å². The normalized spacial score (nSPS) is 13.5. The first-order chi connectivity index (χ1) is 11.8. The van der Waals surface area contributed by atoms with E-state index in [-0.39, 0.29) is 6.03 Å². The molecule has 0 radical (unpaired) electrons. The predicted octanol–water partition coefficient (Wildman–Crippen LogP) is 3.76. The monoisotopic (exact) mass is 320 g/mol. The van der Waals surface area contributed by atoms with Crippen LogP contribution in [0.4, 0.5) is 10.5 Å². The molecule has 0 bridgehead atoms. The molecule has 2 aromatic heterocycles. The summed E-state index contributed by atoms with van der Waals surface area (Å²) >= 11 is 0. The van der Waals surface area contributed by atoms with E-state index in [0.29, 0.717) is 6.54 Å². The van der Waals surface area contributed by atoms with Gasteiger partial charge in [0.05, 0.1) is 12.2 Å². The lowest BCUT2D eigenvalue weighted by Gasteiger charge is -2.17. The van der Waals surface area contributed by atoms with Crippen molar-refractivity contribution >= 4 is 22.8 Å². The van der Waals surface area contributed by atoms with Crippen LogP contribution in [0, 0.1) is 0 Å². The third-order valence-corrected chi connectivity index (χ3v) is 4.50. The van der Waals surface area contributed by atoms with Crippen molar-refractivity contribution in [2.75, 3.05) is 5.32 Å². The minimum absolute atomic E-state index is 0.209. The highest BCUT2D eigenvalue weighted by molar-refractivity contribution is 5.89. The lowest BCUT2D eigenvalue weighted by atomic mass is 9.91. The van der Waals surface area contributed by atoms with Gasteiger partial charge in [0.1, 0.15) is 5.65 Å². The number of hydrogen-bond acceptors (Lipinski definition) is 2. The van der Waals surface area contributed by atoms with Gasteiger partial charge in [0, 0.05) is 17.3 Å². The number of aromatic nitrogens is 2. The third-order valence-electron chi connectivity index (χ3n) is 4.50. The van der Waals surface area contributed by atoms with Crippen LogP contribution < -0.4 is 10.6 Å². The zero-order valence-electron chi connectivity index (χ0n) is 13.4. The largest absolute Gasteiger partial charge is 0.346 e. The van der Waals surface area contributed by atoms with Crippen LogP contribution in [0.15, 0.2) is 42.6 Å². The highest BCUT2D eigenvalue weighted by Gasteiger charge is 2.10. The molecule has 0 atom stereocenters. The molecule has 0 unspecified atom stereocenters. The number of H-pyrrole nitrogens is 1. The Morgan fingerprint density at radius 3 is 2.88 bits per heavy atom. The number of carbonyl (C=O) groups is 1. The molecule has 3 N–H and O–H groups in total. The molecule has 2 heterocycles. The number of aryl methyl sites for hydroxylation is 2. The van der Waals surface area contributed by atoms with Gasteiger partial charge in [-0.25, -0.2) is 9.78 Å². The Morgan fingerprint density at radius 2 is 1.96 bits per heavy atom. The molecule has 0 aliphatic heterocycles. The molecule has 1 aliphatic rings. The second-order valence-electron chi connectivity index (χ2n) is 6.22. The van der Waals surface area contributed by atoms with Crippen LogP contribution in [0.3, 0.4) is 0 Å². The van der Waals surface area contributed by atoms with Crippen LogP contribution in [0.1, 0.15) is 29.7 Å². The maximum atomic E-state index is 12.1. The van der Waals surface area contributed by atoms with Crippen molar-refractivity contribution in [3.8, 4) is 0 Å². The smallest absolute Gasteiger partial charge is 0.319 e. The lowest BCUT2D eigenvalue weighted by Crippen LogP contribution is -2.28. The van der Waals surface area contributed by atoms with Crippen LogP contribution in [-0.4, -0.2) is 16.0 Å². The minimum atomic E-state index is -0.209. The Labute approximate surface area is 140 Å². The summed E-state index contributed by atoms with van der Waals surface area (Å²) in [7, 11) is 0. The number of rotatable bonds is 3. The van der Waals surface area contributed by atoms with Gasteiger partial charge in [-0.2, -0.15) is 0 Å². The van der Waals surface area contributed by atoms with Gasteiger partial charge >= 0.3 is 6.03 Å². The number of carbonyl (C=O) groups excluding carboxylic acids is 1. The van der Waals surface area contributed by atoms with Gasteiger partial charge in [-0.3, -0.25) is 0 Å². The highest BCUT2D eigenvalue weighted by atomic mass is 16.2. The van der Waals surface area contributed by atoms with Gasteiger partial charge in [0.25, 0.3) is 0 Å². The predicted molar refractivity (Wildman–Crippen MR) is 95.0 cm³/mol. The molecule has 0 fully saturated rings. The molecule has 5 heteroatoms. The topological polar surface area (TPSA) is 69.8 Å². The quantitative estimate of drug-likeness (QED) is 0.687. The van der Waals surface area contributed by atoms with Crippen LogP contribution >= 0.6 is 0 Å². The van der Waals surface area contributed by atoms with E-state index < -0.39 is 0 Å². The van der Waals surface area contributed by atoms with Crippen LogP contribution in [0.25, 0.3) is 11.0 Å². The number of urea groups is 1. The Balaban J connectivity index is 1.37. The van der Waals surface area contributed by atoms with Gasteiger partial charge < -0.3 is 15.6 Å². The molecule has 24 heavy (non-hydrogen) atoms. The molecule has 2 amide bonds. The number of nitrogens with one attached hydrogen (secondary N) is 3. The SMILES string of the molecule is O=C(NCc1ccc2cc[nH]c2n1)Nc1ccc2c(c1)CCCC2. The molecule has 5 nitrogen and oxygen atoms in total. The average Bonchev–Trinajstić information content (AvgIpc) is 3.07. The van der Waals surface area contributed by atoms with Gasteiger partial charge in [-0.1, -0.05) is 6.07 Å². The van der Waals surface area contributed by atoms with Crippen LogP contribution in [0.2, 0.25) is 0 Å². The van der Waals surface area contributed by atoms with Gasteiger partial charge in [0.2, 0.25) is 0 Å².